The molecule has 0 radical (unpaired) electrons. The van der Waals surface area contributed by atoms with Gasteiger partial charge in [-0.2, -0.15) is 0 Å². The molecule has 0 spiro atoms. The van der Waals surface area contributed by atoms with E-state index < -0.39 is 0 Å². The number of ether oxygens (including phenoxy) is 1. The molecule has 0 aromatic carbocycles. The van der Waals surface area contributed by atoms with Gasteiger partial charge < -0.3 is 9.30 Å². The highest BCUT2D eigenvalue weighted by atomic mass is 32.1. The van der Waals surface area contributed by atoms with E-state index >= 15 is 0 Å². The number of amides is 1. The molecule has 0 fully saturated rings. The summed E-state index contributed by atoms with van der Waals surface area (Å²) < 4.78 is 6.64. The Morgan fingerprint density at radius 3 is 2.95 bits per heavy atom. The maximum absolute atomic E-state index is 12.1. The van der Waals surface area contributed by atoms with Crippen molar-refractivity contribution in [3.8, 4) is 5.75 Å². The number of hydrogen-bond donors (Lipinski definition) is 1. The number of pyridine rings is 1. The number of carbonyl (C=O) groups is 1. The average molecular weight is 308 g/mol. The van der Waals surface area contributed by atoms with Gasteiger partial charge in [-0.15, -0.1) is 10.2 Å². The van der Waals surface area contributed by atoms with Crippen molar-refractivity contribution in [2.24, 2.45) is 0 Å². The number of nitrogens with one attached hydrogen (secondary N) is 1. The highest BCUT2D eigenvalue weighted by molar-refractivity contribution is 7.15. The molecule has 1 N–H and O–H groups in total. The molecular weight excluding hydrogens is 292 g/mol. The Bertz CT molecular complexity index is 680. The van der Waals surface area contributed by atoms with Crippen LogP contribution in [-0.4, -0.2) is 27.3 Å². The summed E-state index contributed by atoms with van der Waals surface area (Å²) in [5.74, 6) is -0.0835. The fourth-order valence-corrected chi connectivity index (χ4v) is 2.23. The summed E-state index contributed by atoms with van der Waals surface area (Å²) in [6, 6.07) is 3.27. The van der Waals surface area contributed by atoms with E-state index in [4.69, 9.17) is 4.74 Å². The first kappa shape index (κ1) is 15.2. The topological polar surface area (TPSA) is 86.1 Å². The average Bonchev–Trinajstić information content (AvgIpc) is 2.85. The van der Waals surface area contributed by atoms with Crippen LogP contribution in [0.5, 0.6) is 5.75 Å². The van der Waals surface area contributed by atoms with Crippen LogP contribution in [0, 0.1) is 6.92 Å². The lowest BCUT2D eigenvalue weighted by Crippen LogP contribution is -2.28. The second-order valence-electron chi connectivity index (χ2n) is 4.33. The molecule has 1 amide bonds. The van der Waals surface area contributed by atoms with E-state index in [1.807, 2.05) is 6.92 Å². The Balaban J connectivity index is 2.05. The Morgan fingerprint density at radius 2 is 2.29 bits per heavy atom. The van der Waals surface area contributed by atoms with Crippen molar-refractivity contribution in [1.29, 1.82) is 0 Å². The van der Waals surface area contributed by atoms with Crippen molar-refractivity contribution in [2.75, 3.05) is 11.9 Å². The predicted molar refractivity (Wildman–Crippen MR) is 79.8 cm³/mol. The molecule has 0 unspecified atom stereocenters. The van der Waals surface area contributed by atoms with Crippen molar-refractivity contribution in [2.45, 2.75) is 26.8 Å². The van der Waals surface area contributed by atoms with Gasteiger partial charge in [-0.3, -0.25) is 14.9 Å². The molecule has 0 aliphatic heterocycles. The van der Waals surface area contributed by atoms with Crippen molar-refractivity contribution >= 4 is 22.4 Å². The molecule has 21 heavy (non-hydrogen) atoms. The van der Waals surface area contributed by atoms with Crippen molar-refractivity contribution in [1.82, 2.24) is 14.8 Å². The third kappa shape index (κ3) is 4.12. The predicted octanol–water partition coefficient (Wildman–Crippen LogP) is 1.44. The molecule has 7 nitrogen and oxygen atoms in total. The van der Waals surface area contributed by atoms with E-state index in [1.165, 1.54) is 15.9 Å². The second kappa shape index (κ2) is 6.98. The van der Waals surface area contributed by atoms with Crippen LogP contribution in [0.1, 0.15) is 18.4 Å². The number of rotatable bonds is 6. The molecule has 0 atom stereocenters. The maximum atomic E-state index is 12.1. The van der Waals surface area contributed by atoms with E-state index in [-0.39, 0.29) is 23.8 Å². The lowest BCUT2D eigenvalue weighted by molar-refractivity contribution is -0.116. The number of aryl methyl sites for hydroxylation is 1. The molecule has 2 rings (SSSR count). The van der Waals surface area contributed by atoms with Gasteiger partial charge in [-0.25, -0.2) is 0 Å². The largest absolute Gasteiger partial charge is 0.488 e. The zero-order chi connectivity index (χ0) is 15.2. The fraction of sp³-hybridized carbons (Fsp3) is 0.385. The fourth-order valence-electron chi connectivity index (χ4n) is 1.62. The normalized spacial score (nSPS) is 10.4. The third-order valence-corrected chi connectivity index (χ3v) is 3.29. The van der Waals surface area contributed by atoms with Gasteiger partial charge in [-0.05, 0) is 25.5 Å². The summed E-state index contributed by atoms with van der Waals surface area (Å²) in [5.41, 5.74) is -0.324. The molecule has 0 bridgehead atoms. The zero-order valence-corrected chi connectivity index (χ0v) is 12.6. The smallest absolute Gasteiger partial charge is 0.293 e. The van der Waals surface area contributed by atoms with Gasteiger partial charge in [0.15, 0.2) is 5.75 Å². The maximum Gasteiger partial charge on any atom is 0.293 e. The summed E-state index contributed by atoms with van der Waals surface area (Å²) in [5, 5.41) is 11.4. The summed E-state index contributed by atoms with van der Waals surface area (Å²) in [6.07, 6.45) is 2.36. The molecule has 0 aliphatic rings. The van der Waals surface area contributed by atoms with Gasteiger partial charge in [0.05, 0.1) is 6.61 Å². The number of nitrogens with zero attached hydrogens (tertiary/aromatic N) is 3. The van der Waals surface area contributed by atoms with E-state index in [1.54, 1.807) is 25.3 Å². The summed E-state index contributed by atoms with van der Waals surface area (Å²) in [4.78, 5) is 24.0. The summed E-state index contributed by atoms with van der Waals surface area (Å²) >= 11 is 1.28. The highest BCUT2D eigenvalue weighted by Crippen LogP contribution is 2.13. The Hall–Kier alpha value is -2.22. The quantitative estimate of drug-likeness (QED) is 0.872. The van der Waals surface area contributed by atoms with Crippen LogP contribution in [0.4, 0.5) is 5.13 Å². The Morgan fingerprint density at radius 1 is 1.48 bits per heavy atom. The minimum absolute atomic E-state index is 0.0964. The van der Waals surface area contributed by atoms with Crippen molar-refractivity contribution in [3.63, 3.8) is 0 Å². The number of carbonyl (C=O) groups excluding carboxylic acids is 1. The highest BCUT2D eigenvalue weighted by Gasteiger charge is 2.10. The van der Waals surface area contributed by atoms with Gasteiger partial charge in [0.1, 0.15) is 11.6 Å². The van der Waals surface area contributed by atoms with Gasteiger partial charge >= 0.3 is 0 Å². The molecule has 2 aromatic rings. The summed E-state index contributed by atoms with van der Waals surface area (Å²) in [7, 11) is 0. The minimum atomic E-state index is -0.333. The standard InChI is InChI=1S/C13H16N4O3S/c1-3-7-20-10-5-4-6-17(12(10)19)8-11(18)14-13-16-15-9(2)21-13/h4-6H,3,7-8H2,1-2H3,(H,14,16,18). The molecule has 0 aliphatic carbocycles. The van der Waals surface area contributed by atoms with E-state index in [0.29, 0.717) is 11.7 Å². The van der Waals surface area contributed by atoms with Gasteiger partial charge in [0.25, 0.3) is 5.56 Å². The number of hydrogen-bond acceptors (Lipinski definition) is 6. The SMILES string of the molecule is CCCOc1cccn(CC(=O)Nc2nnc(C)s2)c1=O. The van der Waals surface area contributed by atoms with Crippen LogP contribution in [-0.2, 0) is 11.3 Å². The minimum Gasteiger partial charge on any atom is -0.488 e. The van der Waals surface area contributed by atoms with Crippen LogP contribution in [0.15, 0.2) is 23.1 Å². The van der Waals surface area contributed by atoms with Crippen LogP contribution in [0.3, 0.4) is 0 Å². The van der Waals surface area contributed by atoms with E-state index in [9.17, 15) is 9.59 Å². The molecule has 8 heteroatoms. The van der Waals surface area contributed by atoms with Crippen molar-refractivity contribution in [3.05, 3.63) is 33.7 Å². The number of anilines is 1. The van der Waals surface area contributed by atoms with Crippen LogP contribution >= 0.6 is 11.3 Å². The van der Waals surface area contributed by atoms with Crippen LogP contribution < -0.4 is 15.6 Å². The third-order valence-electron chi connectivity index (χ3n) is 2.53. The lowest BCUT2D eigenvalue weighted by Gasteiger charge is -2.08. The van der Waals surface area contributed by atoms with Gasteiger partial charge in [0, 0.05) is 6.20 Å². The van der Waals surface area contributed by atoms with E-state index in [2.05, 4.69) is 15.5 Å². The first-order chi connectivity index (χ1) is 10.1. The van der Waals surface area contributed by atoms with Crippen molar-refractivity contribution < 1.29 is 9.53 Å². The molecule has 2 heterocycles. The van der Waals surface area contributed by atoms with Crippen LogP contribution in [0.25, 0.3) is 0 Å². The Labute approximate surface area is 125 Å². The number of aromatic nitrogens is 3. The van der Waals surface area contributed by atoms with E-state index in [0.717, 1.165) is 11.4 Å². The molecule has 0 saturated heterocycles. The zero-order valence-electron chi connectivity index (χ0n) is 11.8. The monoisotopic (exact) mass is 308 g/mol. The van der Waals surface area contributed by atoms with Gasteiger partial charge in [-0.1, -0.05) is 18.3 Å². The molecule has 2 aromatic heterocycles. The second-order valence-corrected chi connectivity index (χ2v) is 5.51. The first-order valence-corrected chi connectivity index (χ1v) is 7.34. The molecular formula is C13H16N4O3S. The first-order valence-electron chi connectivity index (χ1n) is 6.52. The van der Waals surface area contributed by atoms with Crippen LogP contribution in [0.2, 0.25) is 0 Å². The Kier molecular flexibility index (Phi) is 5.04. The summed E-state index contributed by atoms with van der Waals surface area (Å²) in [6.45, 7) is 4.13. The van der Waals surface area contributed by atoms with Gasteiger partial charge in [0.2, 0.25) is 11.0 Å². The lowest BCUT2D eigenvalue weighted by atomic mass is 10.4. The molecule has 0 saturated carbocycles. The molecule has 112 valence electrons.